The van der Waals surface area contributed by atoms with Crippen LogP contribution in [-0.2, 0) is 0 Å². The minimum atomic E-state index is -1.02. The van der Waals surface area contributed by atoms with Crippen LogP contribution >= 0.6 is 0 Å². The summed E-state index contributed by atoms with van der Waals surface area (Å²) in [4.78, 5) is 11.1. The van der Waals surface area contributed by atoms with Gasteiger partial charge in [-0.2, -0.15) is 0 Å². The molecule has 4 N–H and O–H groups in total. The van der Waals surface area contributed by atoms with E-state index in [9.17, 15) is 4.79 Å². The number of anilines is 2. The standard InChI is InChI=1S/C13H14N2O3/c1-8(12-3-2-6-18-12)15-11-5-4-9(14)7-10(11)13(16)17/h2-8,15H,14H2,1H3,(H,16,17). The van der Waals surface area contributed by atoms with Crippen LogP contribution in [0.1, 0.15) is 29.1 Å². The molecule has 1 heterocycles. The number of hydrogen-bond donors (Lipinski definition) is 3. The van der Waals surface area contributed by atoms with Crippen molar-refractivity contribution in [1.29, 1.82) is 0 Å². The summed E-state index contributed by atoms with van der Waals surface area (Å²) in [6, 6.07) is 8.23. The molecule has 1 aromatic carbocycles. The van der Waals surface area contributed by atoms with Gasteiger partial charge in [0.1, 0.15) is 5.76 Å². The van der Waals surface area contributed by atoms with Gasteiger partial charge < -0.3 is 20.6 Å². The van der Waals surface area contributed by atoms with Gasteiger partial charge in [0, 0.05) is 11.4 Å². The van der Waals surface area contributed by atoms with Crippen molar-refractivity contribution in [1.82, 2.24) is 0 Å². The molecule has 0 saturated heterocycles. The molecule has 0 bridgehead atoms. The monoisotopic (exact) mass is 246 g/mol. The van der Waals surface area contributed by atoms with Gasteiger partial charge in [-0.1, -0.05) is 0 Å². The van der Waals surface area contributed by atoms with E-state index in [1.165, 1.54) is 6.07 Å². The predicted octanol–water partition coefficient (Wildman–Crippen LogP) is 2.73. The largest absolute Gasteiger partial charge is 0.478 e. The summed E-state index contributed by atoms with van der Waals surface area (Å²) >= 11 is 0. The number of carboxylic acids is 1. The maximum absolute atomic E-state index is 11.1. The van der Waals surface area contributed by atoms with Gasteiger partial charge in [-0.3, -0.25) is 0 Å². The van der Waals surface area contributed by atoms with Crippen LogP contribution in [0.5, 0.6) is 0 Å². The van der Waals surface area contributed by atoms with Crippen molar-refractivity contribution in [3.05, 3.63) is 47.9 Å². The van der Waals surface area contributed by atoms with Gasteiger partial charge in [0.25, 0.3) is 0 Å². The highest BCUT2D eigenvalue weighted by molar-refractivity contribution is 5.95. The van der Waals surface area contributed by atoms with E-state index >= 15 is 0 Å². The number of carbonyl (C=O) groups is 1. The first kappa shape index (κ1) is 12.0. The Morgan fingerprint density at radius 3 is 2.83 bits per heavy atom. The fourth-order valence-corrected chi connectivity index (χ4v) is 1.71. The van der Waals surface area contributed by atoms with Crippen LogP contribution in [0.15, 0.2) is 41.0 Å². The molecule has 0 saturated carbocycles. The summed E-state index contributed by atoms with van der Waals surface area (Å²) < 4.78 is 5.26. The highest BCUT2D eigenvalue weighted by Gasteiger charge is 2.14. The average Bonchev–Trinajstić information content (AvgIpc) is 2.84. The summed E-state index contributed by atoms with van der Waals surface area (Å²) in [6.45, 7) is 1.89. The Hall–Kier alpha value is -2.43. The number of carboxylic acid groups (broad SMARTS) is 1. The van der Waals surface area contributed by atoms with E-state index in [0.717, 1.165) is 5.76 Å². The average molecular weight is 246 g/mol. The van der Waals surface area contributed by atoms with Crippen LogP contribution in [0.25, 0.3) is 0 Å². The molecule has 94 valence electrons. The zero-order chi connectivity index (χ0) is 13.1. The van der Waals surface area contributed by atoms with Crippen molar-refractivity contribution in [3.63, 3.8) is 0 Å². The maximum Gasteiger partial charge on any atom is 0.337 e. The van der Waals surface area contributed by atoms with Gasteiger partial charge in [-0.15, -0.1) is 0 Å². The minimum absolute atomic E-state index is 0.123. The molecule has 1 unspecified atom stereocenters. The third-order valence-electron chi connectivity index (χ3n) is 2.62. The molecule has 0 aliphatic heterocycles. The summed E-state index contributed by atoms with van der Waals surface area (Å²) in [5, 5.41) is 12.2. The quantitative estimate of drug-likeness (QED) is 0.722. The van der Waals surface area contributed by atoms with Crippen LogP contribution in [-0.4, -0.2) is 11.1 Å². The topological polar surface area (TPSA) is 88.5 Å². The van der Waals surface area contributed by atoms with Gasteiger partial charge in [0.05, 0.1) is 17.9 Å². The van der Waals surface area contributed by atoms with Crippen molar-refractivity contribution in [3.8, 4) is 0 Å². The normalized spacial score (nSPS) is 12.1. The Kier molecular flexibility index (Phi) is 3.23. The van der Waals surface area contributed by atoms with E-state index in [4.69, 9.17) is 15.3 Å². The van der Waals surface area contributed by atoms with Gasteiger partial charge in [-0.25, -0.2) is 4.79 Å². The number of benzene rings is 1. The Bertz CT molecular complexity index is 549. The number of nitrogens with two attached hydrogens (primary N) is 1. The molecule has 1 atom stereocenters. The van der Waals surface area contributed by atoms with Crippen molar-refractivity contribution >= 4 is 17.3 Å². The van der Waals surface area contributed by atoms with Crippen molar-refractivity contribution in [2.75, 3.05) is 11.1 Å². The zero-order valence-electron chi connectivity index (χ0n) is 9.88. The fraction of sp³-hybridized carbons (Fsp3) is 0.154. The van der Waals surface area contributed by atoms with Crippen LogP contribution < -0.4 is 11.1 Å². The van der Waals surface area contributed by atoms with Gasteiger partial charge in [0.15, 0.2) is 0 Å². The number of nitrogen functional groups attached to an aromatic ring is 1. The second-order valence-corrected chi connectivity index (χ2v) is 3.99. The molecule has 0 spiro atoms. The molecule has 0 fully saturated rings. The van der Waals surface area contributed by atoms with Gasteiger partial charge >= 0.3 is 5.97 Å². The molecule has 5 heteroatoms. The Balaban J connectivity index is 2.26. The van der Waals surface area contributed by atoms with E-state index in [1.54, 1.807) is 24.5 Å². The third kappa shape index (κ3) is 2.45. The lowest BCUT2D eigenvalue weighted by atomic mass is 10.1. The van der Waals surface area contributed by atoms with E-state index in [2.05, 4.69) is 5.32 Å². The second kappa shape index (κ2) is 4.83. The number of rotatable bonds is 4. The second-order valence-electron chi connectivity index (χ2n) is 3.99. The molecule has 5 nitrogen and oxygen atoms in total. The molecule has 2 aromatic rings. The van der Waals surface area contributed by atoms with E-state index in [-0.39, 0.29) is 11.6 Å². The number of aromatic carboxylic acids is 1. The summed E-state index contributed by atoms with van der Waals surface area (Å²) in [5.41, 5.74) is 6.66. The van der Waals surface area contributed by atoms with Crippen molar-refractivity contribution in [2.45, 2.75) is 13.0 Å². The van der Waals surface area contributed by atoms with Crippen LogP contribution in [0.3, 0.4) is 0 Å². The minimum Gasteiger partial charge on any atom is -0.478 e. The summed E-state index contributed by atoms with van der Waals surface area (Å²) in [6.07, 6.45) is 1.58. The summed E-state index contributed by atoms with van der Waals surface area (Å²) in [5.74, 6) is -0.278. The SMILES string of the molecule is CC(Nc1ccc(N)cc1C(=O)O)c1ccco1. The molecule has 1 aromatic heterocycles. The number of hydrogen-bond acceptors (Lipinski definition) is 4. The highest BCUT2D eigenvalue weighted by Crippen LogP contribution is 2.24. The van der Waals surface area contributed by atoms with Crippen molar-refractivity contribution in [2.24, 2.45) is 0 Å². The first-order valence-electron chi connectivity index (χ1n) is 5.50. The Morgan fingerprint density at radius 2 is 2.22 bits per heavy atom. The highest BCUT2D eigenvalue weighted by atomic mass is 16.4. The Labute approximate surface area is 104 Å². The smallest absolute Gasteiger partial charge is 0.337 e. The molecular formula is C13H14N2O3. The maximum atomic E-state index is 11.1. The van der Waals surface area contributed by atoms with Gasteiger partial charge in [0.2, 0.25) is 0 Å². The molecule has 0 radical (unpaired) electrons. The summed E-state index contributed by atoms with van der Waals surface area (Å²) in [7, 11) is 0. The van der Waals surface area contributed by atoms with E-state index in [0.29, 0.717) is 11.4 Å². The molecule has 0 amide bonds. The molecule has 0 aliphatic rings. The van der Waals surface area contributed by atoms with Gasteiger partial charge in [-0.05, 0) is 37.3 Å². The van der Waals surface area contributed by atoms with E-state index in [1.807, 2.05) is 13.0 Å². The predicted molar refractivity (Wildman–Crippen MR) is 68.6 cm³/mol. The molecule has 0 aliphatic carbocycles. The number of furan rings is 1. The van der Waals surface area contributed by atoms with E-state index < -0.39 is 5.97 Å². The molecular weight excluding hydrogens is 232 g/mol. The van der Waals surface area contributed by atoms with Crippen LogP contribution in [0.4, 0.5) is 11.4 Å². The number of nitrogens with one attached hydrogen (secondary N) is 1. The van der Waals surface area contributed by atoms with Crippen molar-refractivity contribution < 1.29 is 14.3 Å². The molecule has 18 heavy (non-hydrogen) atoms. The van der Waals surface area contributed by atoms with Crippen LogP contribution in [0, 0.1) is 0 Å². The lowest BCUT2D eigenvalue weighted by Gasteiger charge is -2.15. The fourth-order valence-electron chi connectivity index (χ4n) is 1.71. The first-order valence-corrected chi connectivity index (χ1v) is 5.50. The first-order chi connectivity index (χ1) is 8.58. The Morgan fingerprint density at radius 1 is 1.44 bits per heavy atom. The zero-order valence-corrected chi connectivity index (χ0v) is 9.88. The molecule has 2 rings (SSSR count). The van der Waals surface area contributed by atoms with Crippen LogP contribution in [0.2, 0.25) is 0 Å². The third-order valence-corrected chi connectivity index (χ3v) is 2.62. The lowest BCUT2D eigenvalue weighted by molar-refractivity contribution is 0.0698. The lowest BCUT2D eigenvalue weighted by Crippen LogP contribution is -2.10.